The van der Waals surface area contributed by atoms with Crippen LogP contribution in [0.5, 0.6) is 0 Å². The third-order valence-corrected chi connectivity index (χ3v) is 4.42. The molecule has 0 aromatic heterocycles. The van der Waals surface area contributed by atoms with Crippen molar-refractivity contribution in [2.24, 2.45) is 0 Å². The molecule has 0 aliphatic carbocycles. The largest absolute Gasteiger partial charge is 0.416 e. The molecule has 0 bridgehead atoms. The van der Waals surface area contributed by atoms with Crippen LogP contribution in [0.1, 0.15) is 11.1 Å². The standard InChI is InChI=1S/C15H21ClF3N3/c1-21-5-6-22(2)13(10-21)9-20-8-11-7-12(15(17,18)19)3-4-14(11)16/h3-4,7,13,20H,5-6,8-10H2,1-2H3/t13-/m1/s1. The molecule has 1 aromatic rings. The van der Waals surface area contributed by atoms with Gasteiger partial charge in [-0.3, -0.25) is 4.90 Å². The number of hydrogen-bond acceptors (Lipinski definition) is 3. The number of nitrogens with zero attached hydrogens (tertiary/aromatic N) is 2. The Labute approximate surface area is 134 Å². The van der Waals surface area contributed by atoms with E-state index in [0.29, 0.717) is 29.7 Å². The van der Waals surface area contributed by atoms with Crippen LogP contribution >= 0.6 is 11.6 Å². The first-order chi connectivity index (χ1) is 10.3. The van der Waals surface area contributed by atoms with Crippen molar-refractivity contribution in [3.63, 3.8) is 0 Å². The molecule has 0 radical (unpaired) electrons. The predicted octanol–water partition coefficient (Wildman–Crippen LogP) is 2.69. The molecule has 1 aliphatic rings. The molecule has 1 atom stereocenters. The fourth-order valence-corrected chi connectivity index (χ4v) is 2.77. The van der Waals surface area contributed by atoms with Gasteiger partial charge < -0.3 is 10.2 Å². The number of benzene rings is 1. The SMILES string of the molecule is CN1CCN(C)[C@H](CNCc2cc(C(F)(F)F)ccc2Cl)C1. The third kappa shape index (κ3) is 4.59. The monoisotopic (exact) mass is 335 g/mol. The van der Waals surface area contributed by atoms with Crippen LogP contribution in [-0.2, 0) is 12.7 Å². The minimum absolute atomic E-state index is 0.330. The van der Waals surface area contributed by atoms with Gasteiger partial charge in [0.1, 0.15) is 0 Å². The highest BCUT2D eigenvalue weighted by Crippen LogP contribution is 2.31. The summed E-state index contributed by atoms with van der Waals surface area (Å²) in [7, 11) is 4.14. The average Bonchev–Trinajstić information content (AvgIpc) is 2.43. The van der Waals surface area contributed by atoms with Crippen molar-refractivity contribution in [2.75, 3.05) is 40.3 Å². The number of alkyl halides is 3. The van der Waals surface area contributed by atoms with E-state index in [4.69, 9.17) is 11.6 Å². The maximum atomic E-state index is 12.7. The van der Waals surface area contributed by atoms with Gasteiger partial charge in [-0.2, -0.15) is 13.2 Å². The van der Waals surface area contributed by atoms with Crippen LogP contribution in [0.3, 0.4) is 0 Å². The molecule has 2 rings (SSSR count). The van der Waals surface area contributed by atoms with Gasteiger partial charge in [-0.25, -0.2) is 0 Å². The van der Waals surface area contributed by atoms with E-state index in [1.807, 2.05) is 0 Å². The van der Waals surface area contributed by atoms with Crippen LogP contribution in [-0.4, -0.2) is 56.1 Å². The first-order valence-electron chi connectivity index (χ1n) is 7.22. The fraction of sp³-hybridized carbons (Fsp3) is 0.600. The van der Waals surface area contributed by atoms with Crippen molar-refractivity contribution in [2.45, 2.75) is 18.8 Å². The number of halogens is 4. The molecule has 1 aromatic carbocycles. The molecule has 1 N–H and O–H groups in total. The summed E-state index contributed by atoms with van der Waals surface area (Å²) >= 11 is 5.99. The van der Waals surface area contributed by atoms with Crippen molar-refractivity contribution < 1.29 is 13.2 Å². The molecule has 0 unspecified atom stereocenters. The molecular weight excluding hydrogens is 315 g/mol. The summed E-state index contributed by atoms with van der Waals surface area (Å²) in [5.41, 5.74) is -0.188. The fourth-order valence-electron chi connectivity index (χ4n) is 2.58. The molecular formula is C15H21ClF3N3. The van der Waals surface area contributed by atoms with Crippen molar-refractivity contribution in [3.05, 3.63) is 34.3 Å². The molecule has 0 amide bonds. The Hall–Kier alpha value is -0.820. The van der Waals surface area contributed by atoms with Crippen LogP contribution in [0.4, 0.5) is 13.2 Å². The lowest BCUT2D eigenvalue weighted by atomic mass is 10.1. The van der Waals surface area contributed by atoms with Gasteiger partial charge in [-0.15, -0.1) is 0 Å². The van der Waals surface area contributed by atoms with E-state index in [-0.39, 0.29) is 0 Å². The van der Waals surface area contributed by atoms with Crippen molar-refractivity contribution in [1.29, 1.82) is 0 Å². The van der Waals surface area contributed by atoms with E-state index in [2.05, 4.69) is 29.2 Å². The summed E-state index contributed by atoms with van der Waals surface area (Å²) in [6, 6.07) is 3.78. The van der Waals surface area contributed by atoms with E-state index in [0.717, 1.165) is 31.8 Å². The smallest absolute Gasteiger partial charge is 0.311 e. The van der Waals surface area contributed by atoms with Gasteiger partial charge in [0.15, 0.2) is 0 Å². The lowest BCUT2D eigenvalue weighted by Gasteiger charge is -2.37. The molecule has 22 heavy (non-hydrogen) atoms. The summed E-state index contributed by atoms with van der Waals surface area (Å²) in [5, 5.41) is 3.58. The molecule has 7 heteroatoms. The normalized spacial score (nSPS) is 21.3. The Balaban J connectivity index is 1.94. The Kier molecular flexibility index (Phi) is 5.71. The Morgan fingerprint density at radius 1 is 1.27 bits per heavy atom. The van der Waals surface area contributed by atoms with Gasteiger partial charge in [0.25, 0.3) is 0 Å². The summed E-state index contributed by atoms with van der Waals surface area (Å²) in [6.45, 7) is 4.02. The highest BCUT2D eigenvalue weighted by molar-refractivity contribution is 6.31. The van der Waals surface area contributed by atoms with E-state index >= 15 is 0 Å². The second kappa shape index (κ2) is 7.17. The van der Waals surface area contributed by atoms with Gasteiger partial charge in [-0.05, 0) is 37.9 Å². The predicted molar refractivity (Wildman–Crippen MR) is 82.1 cm³/mol. The minimum Gasteiger partial charge on any atom is -0.311 e. The Bertz CT molecular complexity index is 507. The zero-order valence-electron chi connectivity index (χ0n) is 12.8. The topological polar surface area (TPSA) is 18.5 Å². The van der Waals surface area contributed by atoms with Gasteiger partial charge in [0.2, 0.25) is 0 Å². The van der Waals surface area contributed by atoms with E-state index in [1.165, 1.54) is 6.07 Å². The van der Waals surface area contributed by atoms with Crippen LogP contribution in [0, 0.1) is 0 Å². The maximum Gasteiger partial charge on any atom is 0.416 e. The van der Waals surface area contributed by atoms with Crippen molar-refractivity contribution in [1.82, 2.24) is 15.1 Å². The van der Waals surface area contributed by atoms with Gasteiger partial charge in [0, 0.05) is 43.8 Å². The molecule has 124 valence electrons. The lowest BCUT2D eigenvalue weighted by molar-refractivity contribution is -0.137. The highest BCUT2D eigenvalue weighted by atomic mass is 35.5. The number of likely N-dealkylation sites (N-methyl/N-ethyl adjacent to an activating group) is 2. The van der Waals surface area contributed by atoms with E-state index in [9.17, 15) is 13.2 Å². The average molecular weight is 336 g/mol. The third-order valence-electron chi connectivity index (χ3n) is 4.05. The number of hydrogen-bond donors (Lipinski definition) is 1. The molecule has 1 aliphatic heterocycles. The van der Waals surface area contributed by atoms with Crippen molar-refractivity contribution >= 4 is 11.6 Å². The van der Waals surface area contributed by atoms with Crippen LogP contribution in [0.2, 0.25) is 5.02 Å². The van der Waals surface area contributed by atoms with Crippen LogP contribution in [0.15, 0.2) is 18.2 Å². The molecule has 1 heterocycles. The Morgan fingerprint density at radius 2 is 2.00 bits per heavy atom. The molecule has 3 nitrogen and oxygen atoms in total. The first-order valence-corrected chi connectivity index (χ1v) is 7.60. The van der Waals surface area contributed by atoms with E-state index < -0.39 is 11.7 Å². The van der Waals surface area contributed by atoms with Gasteiger partial charge >= 0.3 is 6.18 Å². The zero-order valence-corrected chi connectivity index (χ0v) is 13.5. The van der Waals surface area contributed by atoms with Gasteiger partial charge in [-0.1, -0.05) is 11.6 Å². The second-order valence-corrected chi connectivity index (χ2v) is 6.24. The molecule has 1 saturated heterocycles. The molecule has 1 fully saturated rings. The van der Waals surface area contributed by atoms with E-state index in [1.54, 1.807) is 0 Å². The molecule has 0 spiro atoms. The summed E-state index contributed by atoms with van der Waals surface area (Å²) in [5.74, 6) is 0. The maximum absolute atomic E-state index is 12.7. The number of piperazine rings is 1. The highest BCUT2D eigenvalue weighted by Gasteiger charge is 2.30. The van der Waals surface area contributed by atoms with Crippen LogP contribution in [0.25, 0.3) is 0 Å². The first kappa shape index (κ1) is 17.5. The lowest BCUT2D eigenvalue weighted by Crippen LogP contribution is -2.53. The Morgan fingerprint density at radius 3 is 2.68 bits per heavy atom. The van der Waals surface area contributed by atoms with Crippen molar-refractivity contribution in [3.8, 4) is 0 Å². The zero-order chi connectivity index (χ0) is 16.3. The van der Waals surface area contributed by atoms with Gasteiger partial charge in [0.05, 0.1) is 5.56 Å². The second-order valence-electron chi connectivity index (χ2n) is 5.83. The van der Waals surface area contributed by atoms with Crippen LogP contribution < -0.4 is 5.32 Å². The molecule has 0 saturated carbocycles. The summed E-state index contributed by atoms with van der Waals surface area (Å²) in [6.07, 6.45) is -4.34. The quantitative estimate of drug-likeness (QED) is 0.912. The minimum atomic E-state index is -4.34. The number of nitrogens with one attached hydrogen (secondary N) is 1. The summed E-state index contributed by atoms with van der Waals surface area (Å²) < 4.78 is 38.2. The summed E-state index contributed by atoms with van der Waals surface area (Å²) in [4.78, 5) is 4.52. The number of rotatable bonds is 4.